The summed E-state index contributed by atoms with van der Waals surface area (Å²) < 4.78 is 5.06. The fourth-order valence-corrected chi connectivity index (χ4v) is 1.01. The maximum Gasteiger partial charge on any atom is 0.119 e. The summed E-state index contributed by atoms with van der Waals surface area (Å²) in [7, 11) is 7.23. The van der Waals surface area contributed by atoms with Gasteiger partial charge in [-0.2, -0.15) is 0 Å². The Morgan fingerprint density at radius 2 is 2.17 bits per heavy atom. The van der Waals surface area contributed by atoms with Crippen LogP contribution < -0.4 is 15.9 Å². The minimum absolute atomic E-state index is 0.0134. The Morgan fingerprint density at radius 3 is 2.67 bits per heavy atom. The lowest BCUT2D eigenvalue weighted by Crippen LogP contribution is -2.11. The molecule has 0 aromatic heterocycles. The number of hydrogen-bond donors (Lipinski definition) is 1. The highest BCUT2D eigenvalue weighted by Crippen LogP contribution is 2.14. The number of benzene rings is 1. The second-order valence-electron chi connectivity index (χ2n) is 2.79. The molecule has 2 nitrogen and oxygen atoms in total. The zero-order chi connectivity index (χ0) is 9.14. The SMILES string of the molecule is [B]c1ccc([C@@H](C)N)cc1OC. The van der Waals surface area contributed by atoms with Crippen molar-refractivity contribution in [3.63, 3.8) is 0 Å². The molecule has 1 aromatic carbocycles. The van der Waals surface area contributed by atoms with Gasteiger partial charge in [-0.3, -0.25) is 0 Å². The third-order valence-electron chi connectivity index (χ3n) is 1.78. The van der Waals surface area contributed by atoms with Crippen LogP contribution in [0.25, 0.3) is 0 Å². The van der Waals surface area contributed by atoms with Gasteiger partial charge in [-0.05, 0) is 18.6 Å². The standard InChI is InChI=1S/C9H12BNO/c1-6(11)7-3-4-8(10)9(5-7)12-2/h3-6H,11H2,1-2H3/t6-/m1/s1. The van der Waals surface area contributed by atoms with Crippen molar-refractivity contribution in [2.75, 3.05) is 7.11 Å². The maximum absolute atomic E-state index is 5.69. The molecule has 0 amide bonds. The molecule has 0 spiro atoms. The minimum Gasteiger partial charge on any atom is -0.497 e. The van der Waals surface area contributed by atoms with E-state index < -0.39 is 0 Å². The van der Waals surface area contributed by atoms with Crippen LogP contribution in [0.3, 0.4) is 0 Å². The summed E-state index contributed by atoms with van der Waals surface area (Å²) in [6, 6.07) is 5.58. The van der Waals surface area contributed by atoms with Crippen LogP contribution in [0, 0.1) is 0 Å². The monoisotopic (exact) mass is 161 g/mol. The molecule has 0 saturated carbocycles. The smallest absolute Gasteiger partial charge is 0.119 e. The normalized spacial score (nSPS) is 12.6. The maximum atomic E-state index is 5.69. The number of methoxy groups -OCH3 is 1. The Morgan fingerprint density at radius 1 is 1.50 bits per heavy atom. The zero-order valence-electron chi connectivity index (χ0n) is 7.37. The highest BCUT2D eigenvalue weighted by molar-refractivity contribution is 6.34. The van der Waals surface area contributed by atoms with Crippen molar-refractivity contribution < 1.29 is 4.74 Å². The predicted octanol–water partition coefficient (Wildman–Crippen LogP) is 0.509. The van der Waals surface area contributed by atoms with Crippen LogP contribution in [0.5, 0.6) is 5.75 Å². The van der Waals surface area contributed by atoms with Crippen LogP contribution in [-0.2, 0) is 0 Å². The molecule has 0 unspecified atom stereocenters. The molecule has 2 radical (unpaired) electrons. The van der Waals surface area contributed by atoms with E-state index >= 15 is 0 Å². The summed E-state index contributed by atoms with van der Waals surface area (Å²) in [5.41, 5.74) is 7.36. The zero-order valence-corrected chi connectivity index (χ0v) is 7.37. The molecule has 1 rings (SSSR count). The largest absolute Gasteiger partial charge is 0.497 e. The van der Waals surface area contributed by atoms with Crippen molar-refractivity contribution in [3.05, 3.63) is 23.8 Å². The van der Waals surface area contributed by atoms with E-state index in [4.69, 9.17) is 18.3 Å². The highest BCUT2D eigenvalue weighted by atomic mass is 16.5. The molecule has 62 valence electrons. The first-order valence-corrected chi connectivity index (χ1v) is 3.84. The van der Waals surface area contributed by atoms with Crippen molar-refractivity contribution in [2.45, 2.75) is 13.0 Å². The summed E-state index contributed by atoms with van der Waals surface area (Å²) in [4.78, 5) is 0. The third-order valence-corrected chi connectivity index (χ3v) is 1.78. The van der Waals surface area contributed by atoms with Crippen molar-refractivity contribution in [3.8, 4) is 5.75 Å². The molecule has 2 N–H and O–H groups in total. The molecule has 1 aromatic rings. The lowest BCUT2D eigenvalue weighted by molar-refractivity contribution is 0.417. The molecule has 0 heterocycles. The Kier molecular flexibility index (Phi) is 2.76. The highest BCUT2D eigenvalue weighted by Gasteiger charge is 2.02. The Labute approximate surface area is 74.1 Å². The molecule has 0 saturated heterocycles. The van der Waals surface area contributed by atoms with E-state index in [1.54, 1.807) is 13.2 Å². The number of ether oxygens (including phenoxy) is 1. The van der Waals surface area contributed by atoms with E-state index in [9.17, 15) is 0 Å². The average Bonchev–Trinajstić information content (AvgIpc) is 2.05. The number of nitrogens with two attached hydrogens (primary N) is 1. The van der Waals surface area contributed by atoms with Crippen LogP contribution in [0.1, 0.15) is 18.5 Å². The van der Waals surface area contributed by atoms with Gasteiger partial charge in [0.1, 0.15) is 13.6 Å². The van der Waals surface area contributed by atoms with E-state index in [2.05, 4.69) is 0 Å². The first-order valence-electron chi connectivity index (χ1n) is 3.84. The second-order valence-corrected chi connectivity index (χ2v) is 2.79. The lowest BCUT2D eigenvalue weighted by atomic mass is 9.93. The van der Waals surface area contributed by atoms with Crippen LogP contribution in [0.2, 0.25) is 0 Å². The van der Waals surface area contributed by atoms with Crippen molar-refractivity contribution >= 4 is 13.3 Å². The molecule has 0 fully saturated rings. The van der Waals surface area contributed by atoms with Gasteiger partial charge >= 0.3 is 0 Å². The summed E-state index contributed by atoms with van der Waals surface area (Å²) in [5.74, 6) is 0.685. The lowest BCUT2D eigenvalue weighted by Gasteiger charge is -2.09. The van der Waals surface area contributed by atoms with E-state index in [0.29, 0.717) is 11.2 Å². The van der Waals surface area contributed by atoms with Crippen molar-refractivity contribution in [2.24, 2.45) is 5.73 Å². The van der Waals surface area contributed by atoms with Crippen LogP contribution >= 0.6 is 0 Å². The molecular weight excluding hydrogens is 149 g/mol. The van der Waals surface area contributed by atoms with Crippen LogP contribution in [0.4, 0.5) is 0 Å². The van der Waals surface area contributed by atoms with Gasteiger partial charge in [-0.1, -0.05) is 17.6 Å². The number of rotatable bonds is 2. The number of hydrogen-bond acceptors (Lipinski definition) is 2. The van der Waals surface area contributed by atoms with E-state index in [1.165, 1.54) is 0 Å². The first-order chi connectivity index (χ1) is 5.65. The summed E-state index contributed by atoms with van der Waals surface area (Å²) >= 11 is 0. The summed E-state index contributed by atoms with van der Waals surface area (Å²) in [6.45, 7) is 1.92. The molecule has 0 bridgehead atoms. The quantitative estimate of drug-likeness (QED) is 0.641. The minimum atomic E-state index is 0.0134. The third kappa shape index (κ3) is 1.80. The van der Waals surface area contributed by atoms with Gasteiger partial charge in [0.15, 0.2) is 0 Å². The molecule has 0 aliphatic rings. The van der Waals surface area contributed by atoms with Gasteiger partial charge in [-0.15, -0.1) is 0 Å². The van der Waals surface area contributed by atoms with Gasteiger partial charge in [0.05, 0.1) is 7.11 Å². The molecule has 0 aliphatic carbocycles. The Bertz CT molecular complexity index is 273. The fraction of sp³-hybridized carbons (Fsp3) is 0.333. The summed E-state index contributed by atoms with van der Waals surface area (Å²) in [5, 5.41) is 0. The van der Waals surface area contributed by atoms with Crippen LogP contribution in [-0.4, -0.2) is 15.0 Å². The van der Waals surface area contributed by atoms with Crippen molar-refractivity contribution in [1.29, 1.82) is 0 Å². The molecule has 0 aliphatic heterocycles. The van der Waals surface area contributed by atoms with E-state index in [0.717, 1.165) is 5.56 Å². The average molecular weight is 161 g/mol. The van der Waals surface area contributed by atoms with Crippen molar-refractivity contribution in [1.82, 2.24) is 0 Å². The van der Waals surface area contributed by atoms with Gasteiger partial charge in [0, 0.05) is 6.04 Å². The van der Waals surface area contributed by atoms with Crippen LogP contribution in [0.15, 0.2) is 18.2 Å². The van der Waals surface area contributed by atoms with E-state index in [-0.39, 0.29) is 6.04 Å². The molecular formula is C9H12BNO. The topological polar surface area (TPSA) is 35.2 Å². The fourth-order valence-electron chi connectivity index (χ4n) is 1.01. The predicted molar refractivity (Wildman–Crippen MR) is 51.0 cm³/mol. The summed E-state index contributed by atoms with van der Waals surface area (Å²) in [6.07, 6.45) is 0. The Hall–Kier alpha value is -0.955. The van der Waals surface area contributed by atoms with E-state index in [1.807, 2.05) is 19.1 Å². The molecule has 1 atom stereocenters. The van der Waals surface area contributed by atoms with Gasteiger partial charge in [-0.25, -0.2) is 0 Å². The first kappa shape index (κ1) is 9.14. The van der Waals surface area contributed by atoms with Gasteiger partial charge in [0.25, 0.3) is 0 Å². The second kappa shape index (κ2) is 3.63. The molecule has 3 heteroatoms. The van der Waals surface area contributed by atoms with Gasteiger partial charge in [0.2, 0.25) is 0 Å². The Balaban J connectivity index is 3.05. The molecule has 12 heavy (non-hydrogen) atoms. The van der Waals surface area contributed by atoms with Gasteiger partial charge < -0.3 is 10.5 Å².